The molecule has 24 heavy (non-hydrogen) atoms. The van der Waals surface area contributed by atoms with Gasteiger partial charge in [0.25, 0.3) is 5.91 Å². The molecule has 1 amide bonds. The first-order valence-electron chi connectivity index (χ1n) is 7.27. The molecule has 1 aromatic carbocycles. The molecule has 0 aliphatic carbocycles. The Morgan fingerprint density at radius 3 is 3.17 bits per heavy atom. The van der Waals surface area contributed by atoms with Crippen LogP contribution in [-0.4, -0.2) is 35.9 Å². The number of esters is 1. The summed E-state index contributed by atoms with van der Waals surface area (Å²) >= 11 is 1.35. The molecule has 0 saturated carbocycles. The van der Waals surface area contributed by atoms with Crippen molar-refractivity contribution in [2.45, 2.75) is 13.3 Å². The number of nitrogens with zero attached hydrogens (tertiary/aromatic N) is 3. The van der Waals surface area contributed by atoms with Crippen LogP contribution in [0.1, 0.15) is 34.1 Å². The summed E-state index contributed by atoms with van der Waals surface area (Å²) in [6, 6.07) is 5.42. The van der Waals surface area contributed by atoms with Gasteiger partial charge in [-0.25, -0.2) is 9.98 Å². The van der Waals surface area contributed by atoms with Crippen LogP contribution in [0.4, 0.5) is 5.13 Å². The van der Waals surface area contributed by atoms with Crippen molar-refractivity contribution in [3.8, 4) is 0 Å². The lowest BCUT2D eigenvalue weighted by atomic mass is 10.1. The van der Waals surface area contributed by atoms with Crippen LogP contribution < -0.4 is 5.43 Å². The predicted octanol–water partition coefficient (Wildman–Crippen LogP) is 2.27. The molecule has 122 valence electrons. The molecule has 0 spiro atoms. The Morgan fingerprint density at radius 1 is 1.46 bits per heavy atom. The molecule has 8 heteroatoms. The van der Waals surface area contributed by atoms with Gasteiger partial charge in [-0.15, -0.1) is 11.3 Å². The average Bonchev–Trinajstić information content (AvgIpc) is 3.15. The van der Waals surface area contributed by atoms with E-state index in [4.69, 9.17) is 4.74 Å². The van der Waals surface area contributed by atoms with Crippen LogP contribution in [0.15, 0.2) is 33.7 Å². The second-order valence-corrected chi connectivity index (χ2v) is 5.76. The number of carbonyl (C=O) groups is 2. The Labute approximate surface area is 142 Å². The van der Waals surface area contributed by atoms with Crippen LogP contribution in [0.25, 0.3) is 0 Å². The van der Waals surface area contributed by atoms with Crippen molar-refractivity contribution < 1.29 is 14.3 Å². The number of amides is 1. The van der Waals surface area contributed by atoms with E-state index in [9.17, 15) is 9.59 Å². The predicted molar refractivity (Wildman–Crippen MR) is 92.0 cm³/mol. The lowest BCUT2D eigenvalue weighted by Gasteiger charge is -1.99. The molecule has 0 radical (unpaired) electrons. The summed E-state index contributed by atoms with van der Waals surface area (Å²) in [5.41, 5.74) is 5.61. The highest BCUT2D eigenvalue weighted by Gasteiger charge is 2.14. The van der Waals surface area contributed by atoms with Crippen LogP contribution in [0.3, 0.4) is 0 Å². The zero-order valence-corrected chi connectivity index (χ0v) is 13.7. The number of aromatic nitrogens is 1. The van der Waals surface area contributed by atoms with E-state index in [1.807, 2.05) is 12.1 Å². The van der Waals surface area contributed by atoms with E-state index in [0.717, 1.165) is 11.1 Å². The summed E-state index contributed by atoms with van der Waals surface area (Å²) in [6.45, 7) is 2.12. The summed E-state index contributed by atoms with van der Waals surface area (Å²) in [5.74, 6) is -0.542. The SMILES string of the molecule is CCOC(=O)Cc1csc(NN=Cc2ccc3c(c2)C(=O)N=C3)n1. The van der Waals surface area contributed by atoms with Crippen LogP contribution in [0, 0.1) is 0 Å². The number of aliphatic imine (C=N–C) groups is 1. The molecule has 7 nitrogen and oxygen atoms in total. The third-order valence-corrected chi connectivity index (χ3v) is 3.98. The van der Waals surface area contributed by atoms with Crippen LogP contribution in [0.2, 0.25) is 0 Å². The average molecular weight is 342 g/mol. The molecule has 1 aromatic heterocycles. The molecule has 1 N–H and O–H groups in total. The number of nitrogens with one attached hydrogen (secondary N) is 1. The van der Waals surface area contributed by atoms with Crippen molar-refractivity contribution in [2.75, 3.05) is 12.0 Å². The summed E-state index contributed by atoms with van der Waals surface area (Å²) in [7, 11) is 0. The number of hydrogen-bond donors (Lipinski definition) is 1. The van der Waals surface area contributed by atoms with Crippen molar-refractivity contribution >= 4 is 40.8 Å². The van der Waals surface area contributed by atoms with Gasteiger partial charge in [0.2, 0.25) is 5.13 Å². The van der Waals surface area contributed by atoms with Gasteiger partial charge in [0.05, 0.1) is 30.5 Å². The minimum absolute atomic E-state index is 0.142. The number of benzene rings is 1. The van der Waals surface area contributed by atoms with Gasteiger partial charge in [-0.1, -0.05) is 12.1 Å². The fraction of sp³-hybridized carbons (Fsp3) is 0.188. The van der Waals surface area contributed by atoms with E-state index in [1.165, 1.54) is 11.3 Å². The minimum atomic E-state index is -0.303. The number of fused-ring (bicyclic) bond motifs is 1. The lowest BCUT2D eigenvalue weighted by molar-refractivity contribution is -0.142. The summed E-state index contributed by atoms with van der Waals surface area (Å²) in [5, 5.41) is 6.45. The number of hydrogen-bond acceptors (Lipinski definition) is 7. The van der Waals surface area contributed by atoms with Gasteiger partial charge in [-0.05, 0) is 18.6 Å². The molecular formula is C16H14N4O3S. The second-order valence-electron chi connectivity index (χ2n) is 4.91. The number of thiazole rings is 1. The van der Waals surface area contributed by atoms with Gasteiger partial charge >= 0.3 is 5.97 Å². The van der Waals surface area contributed by atoms with E-state index >= 15 is 0 Å². The Balaban J connectivity index is 1.59. The highest BCUT2D eigenvalue weighted by Crippen LogP contribution is 2.17. The maximum Gasteiger partial charge on any atom is 0.311 e. The van der Waals surface area contributed by atoms with E-state index in [0.29, 0.717) is 23.0 Å². The van der Waals surface area contributed by atoms with E-state index in [-0.39, 0.29) is 18.3 Å². The van der Waals surface area contributed by atoms with Gasteiger partial charge in [0.1, 0.15) is 0 Å². The fourth-order valence-electron chi connectivity index (χ4n) is 2.11. The molecule has 1 aliphatic heterocycles. The molecular weight excluding hydrogens is 328 g/mol. The molecule has 0 saturated heterocycles. The van der Waals surface area contributed by atoms with Crippen molar-refractivity contribution in [3.63, 3.8) is 0 Å². The Hall–Kier alpha value is -2.87. The highest BCUT2D eigenvalue weighted by atomic mass is 32.1. The summed E-state index contributed by atoms with van der Waals surface area (Å²) < 4.78 is 4.88. The van der Waals surface area contributed by atoms with E-state index < -0.39 is 0 Å². The molecule has 2 aromatic rings. The van der Waals surface area contributed by atoms with Crippen molar-refractivity contribution in [1.82, 2.24) is 4.98 Å². The smallest absolute Gasteiger partial charge is 0.311 e. The van der Waals surface area contributed by atoms with E-state index in [1.54, 1.807) is 30.8 Å². The molecule has 0 atom stereocenters. The van der Waals surface area contributed by atoms with Gasteiger partial charge in [0, 0.05) is 17.2 Å². The van der Waals surface area contributed by atoms with Crippen LogP contribution in [0.5, 0.6) is 0 Å². The molecule has 0 fully saturated rings. The highest BCUT2D eigenvalue weighted by molar-refractivity contribution is 7.13. The number of ether oxygens (including phenoxy) is 1. The zero-order valence-electron chi connectivity index (χ0n) is 12.9. The Bertz CT molecular complexity index is 842. The standard InChI is InChI=1S/C16H14N4O3S/c1-2-23-14(21)6-12-9-24-16(19-12)20-18-7-10-3-4-11-8-17-15(22)13(11)5-10/h3-5,7-9H,2,6H2,1H3,(H,19,20). The number of hydrazone groups is 1. The zero-order chi connectivity index (χ0) is 16.9. The van der Waals surface area contributed by atoms with Gasteiger partial charge in [-0.3, -0.25) is 15.0 Å². The normalized spacial score (nSPS) is 12.6. The third-order valence-electron chi connectivity index (χ3n) is 3.18. The molecule has 0 bridgehead atoms. The van der Waals surface area contributed by atoms with Crippen molar-refractivity contribution in [1.29, 1.82) is 0 Å². The monoisotopic (exact) mass is 342 g/mol. The molecule has 1 aliphatic rings. The van der Waals surface area contributed by atoms with Crippen LogP contribution >= 0.6 is 11.3 Å². The largest absolute Gasteiger partial charge is 0.466 e. The van der Waals surface area contributed by atoms with Crippen molar-refractivity contribution in [3.05, 3.63) is 46.0 Å². The van der Waals surface area contributed by atoms with Crippen molar-refractivity contribution in [2.24, 2.45) is 10.1 Å². The topological polar surface area (TPSA) is 93.0 Å². The Kier molecular flexibility index (Phi) is 4.76. The van der Waals surface area contributed by atoms with Gasteiger partial charge in [-0.2, -0.15) is 5.10 Å². The number of rotatable bonds is 6. The first kappa shape index (κ1) is 16.0. The fourth-order valence-corrected chi connectivity index (χ4v) is 2.77. The molecule has 3 rings (SSSR count). The number of carbonyl (C=O) groups excluding carboxylic acids is 2. The summed E-state index contributed by atoms with van der Waals surface area (Å²) in [6.07, 6.45) is 3.29. The lowest BCUT2D eigenvalue weighted by Crippen LogP contribution is -2.07. The van der Waals surface area contributed by atoms with Gasteiger partial charge in [0.15, 0.2) is 0 Å². The van der Waals surface area contributed by atoms with Gasteiger partial charge < -0.3 is 4.74 Å². The Morgan fingerprint density at radius 2 is 2.33 bits per heavy atom. The summed E-state index contributed by atoms with van der Waals surface area (Å²) in [4.78, 5) is 30.9. The second kappa shape index (κ2) is 7.14. The first-order chi connectivity index (χ1) is 11.7. The molecule has 0 unspecified atom stereocenters. The van der Waals surface area contributed by atoms with E-state index in [2.05, 4.69) is 20.5 Å². The third kappa shape index (κ3) is 3.72. The van der Waals surface area contributed by atoms with Crippen LogP contribution in [-0.2, 0) is 16.0 Å². The maximum absolute atomic E-state index is 11.5. The maximum atomic E-state index is 11.5. The molecule has 2 heterocycles. The quantitative estimate of drug-likeness (QED) is 0.494. The minimum Gasteiger partial charge on any atom is -0.466 e. The first-order valence-corrected chi connectivity index (χ1v) is 8.15. The number of anilines is 1.